The van der Waals surface area contributed by atoms with Crippen molar-refractivity contribution in [3.8, 4) is 6.07 Å². The summed E-state index contributed by atoms with van der Waals surface area (Å²) in [5, 5.41) is 9.63. The summed E-state index contributed by atoms with van der Waals surface area (Å²) in [6, 6.07) is 3.77. The fourth-order valence-electron chi connectivity index (χ4n) is 2.03. The SMILES string of the molecule is CSC1(C#N)CCN(S(=O)(=O)c2cc(Cl)c(Br)s2)CC1. The molecule has 0 unspecified atom stereocenters. The Morgan fingerprint density at radius 1 is 1.55 bits per heavy atom. The molecule has 1 fully saturated rings. The quantitative estimate of drug-likeness (QED) is 0.757. The first kappa shape index (κ1) is 16.6. The zero-order chi connectivity index (χ0) is 15.0. The zero-order valence-electron chi connectivity index (χ0n) is 10.6. The number of halogens is 2. The Bertz CT molecular complexity index is 626. The smallest absolute Gasteiger partial charge is 0.206 e. The number of thiophene rings is 1. The van der Waals surface area contributed by atoms with Gasteiger partial charge in [-0.25, -0.2) is 8.42 Å². The Kier molecular flexibility index (Phi) is 5.10. The highest BCUT2D eigenvalue weighted by Crippen LogP contribution is 2.39. The van der Waals surface area contributed by atoms with E-state index in [0.29, 0.717) is 34.7 Å². The molecule has 1 aliphatic heterocycles. The highest BCUT2D eigenvalue weighted by molar-refractivity contribution is 9.11. The molecule has 1 aliphatic rings. The second-order valence-electron chi connectivity index (χ2n) is 4.40. The molecule has 1 aromatic heterocycles. The van der Waals surface area contributed by atoms with Crippen LogP contribution in [0, 0.1) is 11.3 Å². The van der Waals surface area contributed by atoms with Gasteiger partial charge in [0.25, 0.3) is 10.0 Å². The summed E-state index contributed by atoms with van der Waals surface area (Å²) in [6.45, 7) is 0.730. The van der Waals surface area contributed by atoms with Crippen LogP contribution in [0.4, 0.5) is 0 Å². The predicted octanol–water partition coefficient (Wildman–Crippen LogP) is 3.57. The fraction of sp³-hybridized carbons (Fsp3) is 0.545. The van der Waals surface area contributed by atoms with E-state index in [1.165, 1.54) is 22.1 Å². The van der Waals surface area contributed by atoms with Crippen molar-refractivity contribution in [1.29, 1.82) is 5.26 Å². The molecule has 20 heavy (non-hydrogen) atoms. The maximum absolute atomic E-state index is 12.5. The Morgan fingerprint density at radius 2 is 2.15 bits per heavy atom. The van der Waals surface area contributed by atoms with Gasteiger partial charge in [0, 0.05) is 13.1 Å². The van der Waals surface area contributed by atoms with E-state index in [0.717, 1.165) is 11.3 Å². The third-order valence-electron chi connectivity index (χ3n) is 3.34. The highest BCUT2D eigenvalue weighted by Gasteiger charge is 2.38. The van der Waals surface area contributed by atoms with Crippen LogP contribution in [-0.4, -0.2) is 36.8 Å². The molecule has 110 valence electrons. The number of rotatable bonds is 3. The zero-order valence-corrected chi connectivity index (χ0v) is 15.4. The van der Waals surface area contributed by atoms with E-state index in [4.69, 9.17) is 11.6 Å². The molecule has 1 saturated heterocycles. The van der Waals surface area contributed by atoms with Gasteiger partial charge in [0.05, 0.1) is 14.9 Å². The van der Waals surface area contributed by atoms with Crippen LogP contribution < -0.4 is 0 Å². The van der Waals surface area contributed by atoms with Crippen molar-refractivity contribution in [1.82, 2.24) is 4.31 Å². The summed E-state index contributed by atoms with van der Waals surface area (Å²) in [5.41, 5.74) is 0. The van der Waals surface area contributed by atoms with Gasteiger partial charge in [-0.15, -0.1) is 23.1 Å². The highest BCUT2D eigenvalue weighted by atomic mass is 79.9. The average molecular weight is 416 g/mol. The molecule has 0 saturated carbocycles. The second-order valence-corrected chi connectivity index (χ2v) is 10.5. The van der Waals surface area contributed by atoms with Crippen LogP contribution in [0.25, 0.3) is 0 Å². The van der Waals surface area contributed by atoms with E-state index in [1.807, 2.05) is 6.26 Å². The lowest BCUT2D eigenvalue weighted by Gasteiger charge is -2.35. The van der Waals surface area contributed by atoms with Crippen molar-refractivity contribution in [3.63, 3.8) is 0 Å². The van der Waals surface area contributed by atoms with E-state index in [-0.39, 0.29) is 4.21 Å². The molecule has 2 heterocycles. The molecule has 1 aromatic rings. The molecule has 0 N–H and O–H groups in total. The lowest BCUT2D eigenvalue weighted by molar-refractivity contribution is 0.328. The standard InChI is InChI=1S/C11H12BrClN2O2S3/c1-18-11(7-14)2-4-15(5-3-11)20(16,17)9-6-8(13)10(12)19-9/h6H,2-5H2,1H3. The molecular formula is C11H12BrClN2O2S3. The maximum atomic E-state index is 12.5. The topological polar surface area (TPSA) is 61.2 Å². The number of nitrogens with zero attached hydrogens (tertiary/aromatic N) is 2. The van der Waals surface area contributed by atoms with Gasteiger partial charge in [-0.3, -0.25) is 0 Å². The van der Waals surface area contributed by atoms with Crippen LogP contribution in [-0.2, 0) is 10.0 Å². The minimum absolute atomic E-state index is 0.239. The third kappa shape index (κ3) is 3.03. The van der Waals surface area contributed by atoms with E-state index in [1.54, 1.807) is 0 Å². The number of sulfonamides is 1. The molecule has 0 radical (unpaired) electrons. The van der Waals surface area contributed by atoms with Crippen LogP contribution in [0.2, 0.25) is 5.02 Å². The largest absolute Gasteiger partial charge is 0.252 e. The minimum Gasteiger partial charge on any atom is -0.206 e. The van der Waals surface area contributed by atoms with Gasteiger partial charge in [0.2, 0.25) is 0 Å². The number of piperidine rings is 1. The van der Waals surface area contributed by atoms with Crippen molar-refractivity contribution in [2.75, 3.05) is 19.3 Å². The number of nitriles is 1. The summed E-state index contributed by atoms with van der Waals surface area (Å²) < 4.78 is 26.8. The summed E-state index contributed by atoms with van der Waals surface area (Å²) in [6.07, 6.45) is 2.98. The van der Waals surface area contributed by atoms with Crippen LogP contribution in [0.5, 0.6) is 0 Å². The average Bonchev–Trinajstić information content (AvgIpc) is 2.79. The van der Waals surface area contributed by atoms with Crippen LogP contribution in [0.1, 0.15) is 12.8 Å². The first-order valence-electron chi connectivity index (χ1n) is 5.76. The van der Waals surface area contributed by atoms with E-state index >= 15 is 0 Å². The van der Waals surface area contributed by atoms with E-state index in [9.17, 15) is 13.7 Å². The maximum Gasteiger partial charge on any atom is 0.252 e. The summed E-state index contributed by atoms with van der Waals surface area (Å²) in [4.78, 5) is 0. The van der Waals surface area contributed by atoms with Crippen LogP contribution in [0.3, 0.4) is 0 Å². The van der Waals surface area contributed by atoms with Gasteiger partial charge in [0.15, 0.2) is 0 Å². The Balaban J connectivity index is 2.20. The molecule has 0 bridgehead atoms. The monoisotopic (exact) mass is 414 g/mol. The lowest BCUT2D eigenvalue weighted by atomic mass is 9.99. The number of hydrogen-bond acceptors (Lipinski definition) is 5. The summed E-state index contributed by atoms with van der Waals surface area (Å²) >= 11 is 11.7. The van der Waals surface area contributed by atoms with Crippen LogP contribution >= 0.6 is 50.6 Å². The molecule has 0 aliphatic carbocycles. The van der Waals surface area contributed by atoms with Crippen molar-refractivity contribution < 1.29 is 8.42 Å². The molecule has 2 rings (SSSR count). The van der Waals surface area contributed by atoms with Gasteiger partial charge in [-0.05, 0) is 41.1 Å². The molecular weight excluding hydrogens is 404 g/mol. The van der Waals surface area contributed by atoms with Gasteiger partial charge >= 0.3 is 0 Å². The second kappa shape index (κ2) is 6.15. The van der Waals surface area contributed by atoms with E-state index < -0.39 is 14.8 Å². The Hall–Kier alpha value is 0.220. The Labute approximate surface area is 140 Å². The first-order valence-corrected chi connectivity index (χ1v) is 10.4. The molecule has 4 nitrogen and oxygen atoms in total. The van der Waals surface area contributed by atoms with Crippen molar-refractivity contribution >= 4 is 60.7 Å². The third-order valence-corrected chi connectivity index (χ3v) is 9.44. The summed E-state index contributed by atoms with van der Waals surface area (Å²) in [5.74, 6) is 0. The van der Waals surface area contributed by atoms with Crippen LogP contribution in [0.15, 0.2) is 14.1 Å². The summed E-state index contributed by atoms with van der Waals surface area (Å²) in [7, 11) is -3.51. The van der Waals surface area contributed by atoms with Gasteiger partial charge < -0.3 is 0 Å². The molecule has 9 heteroatoms. The first-order chi connectivity index (χ1) is 9.34. The van der Waals surface area contributed by atoms with Gasteiger partial charge in [-0.1, -0.05) is 11.6 Å². The fourth-order valence-corrected chi connectivity index (χ4v) is 6.71. The van der Waals surface area contributed by atoms with Gasteiger partial charge in [-0.2, -0.15) is 9.57 Å². The van der Waals surface area contributed by atoms with Crippen molar-refractivity contribution in [2.24, 2.45) is 0 Å². The van der Waals surface area contributed by atoms with Crippen molar-refractivity contribution in [2.45, 2.75) is 21.8 Å². The van der Waals surface area contributed by atoms with Crippen molar-refractivity contribution in [3.05, 3.63) is 14.9 Å². The molecule has 0 amide bonds. The molecule has 0 atom stereocenters. The molecule has 0 aromatic carbocycles. The predicted molar refractivity (Wildman–Crippen MR) is 86.9 cm³/mol. The number of thioether (sulfide) groups is 1. The van der Waals surface area contributed by atoms with Gasteiger partial charge in [0.1, 0.15) is 8.96 Å². The Morgan fingerprint density at radius 3 is 2.55 bits per heavy atom. The van der Waals surface area contributed by atoms with E-state index in [2.05, 4.69) is 22.0 Å². The number of hydrogen-bond donors (Lipinski definition) is 0. The minimum atomic E-state index is -3.51. The lowest BCUT2D eigenvalue weighted by Crippen LogP contribution is -2.44. The normalized spacial score (nSPS) is 19.7. The molecule has 0 spiro atoms.